The maximum atomic E-state index is 12.8. The van der Waals surface area contributed by atoms with Crippen LogP contribution in [0.15, 0.2) is 0 Å². The number of rotatable bonds is 8. The van der Waals surface area contributed by atoms with E-state index in [4.69, 9.17) is 5.73 Å². The fraction of sp³-hybridized carbons (Fsp3) is 0.900. The van der Waals surface area contributed by atoms with E-state index >= 15 is 0 Å². The minimum atomic E-state index is -0.533. The van der Waals surface area contributed by atoms with Crippen LogP contribution in [-0.4, -0.2) is 30.4 Å². The Hall–Kier alpha value is -1.10. The minimum absolute atomic E-state index is 0.0686. The number of nitrogens with two attached hydrogens (primary N) is 1. The molecule has 5 heteroatoms. The van der Waals surface area contributed by atoms with E-state index in [1.54, 1.807) is 6.92 Å². The average molecular weight is 354 g/mol. The molecule has 1 rings (SSSR count). The Kier molecular flexibility index (Phi) is 8.91. The molecule has 1 aliphatic rings. The molecule has 0 saturated heterocycles. The van der Waals surface area contributed by atoms with Gasteiger partial charge in [0.25, 0.3) is 0 Å². The second-order valence-electron chi connectivity index (χ2n) is 8.80. The molecule has 5 nitrogen and oxygen atoms in total. The van der Waals surface area contributed by atoms with Gasteiger partial charge in [-0.25, -0.2) is 0 Å². The van der Waals surface area contributed by atoms with Gasteiger partial charge in [0.05, 0.1) is 6.04 Å². The summed E-state index contributed by atoms with van der Waals surface area (Å²) in [5.74, 6) is 2.10. The Morgan fingerprint density at radius 1 is 1.12 bits per heavy atom. The van der Waals surface area contributed by atoms with E-state index in [2.05, 4.69) is 45.3 Å². The summed E-state index contributed by atoms with van der Waals surface area (Å²) >= 11 is 0. The molecule has 2 unspecified atom stereocenters. The van der Waals surface area contributed by atoms with Crippen molar-refractivity contribution in [3.05, 3.63) is 0 Å². The molecule has 0 radical (unpaired) electrons. The molecule has 25 heavy (non-hydrogen) atoms. The van der Waals surface area contributed by atoms with Crippen LogP contribution in [0.25, 0.3) is 0 Å². The van der Waals surface area contributed by atoms with Crippen LogP contribution in [0, 0.1) is 29.6 Å². The summed E-state index contributed by atoms with van der Waals surface area (Å²) in [6.07, 6.45) is 4.14. The Balaban J connectivity index is 2.66. The Bertz CT molecular complexity index is 435. The third kappa shape index (κ3) is 7.35. The lowest BCUT2D eigenvalue weighted by molar-refractivity contribution is -0.130. The van der Waals surface area contributed by atoms with Crippen LogP contribution in [0.1, 0.15) is 67.2 Å². The monoisotopic (exact) mass is 353 g/mol. The number of hydrogen-bond donors (Lipinski definition) is 3. The van der Waals surface area contributed by atoms with Crippen molar-refractivity contribution in [1.29, 1.82) is 0 Å². The van der Waals surface area contributed by atoms with Gasteiger partial charge >= 0.3 is 0 Å². The average Bonchev–Trinajstić information content (AvgIpc) is 2.51. The molecule has 0 spiro atoms. The van der Waals surface area contributed by atoms with Crippen molar-refractivity contribution in [1.82, 2.24) is 10.6 Å². The van der Waals surface area contributed by atoms with Crippen LogP contribution in [0.2, 0.25) is 0 Å². The Morgan fingerprint density at radius 2 is 1.76 bits per heavy atom. The highest BCUT2D eigenvalue weighted by atomic mass is 16.2. The molecule has 1 aliphatic carbocycles. The topological polar surface area (TPSA) is 84.2 Å². The van der Waals surface area contributed by atoms with Crippen molar-refractivity contribution in [2.75, 3.05) is 6.54 Å². The van der Waals surface area contributed by atoms with Crippen molar-refractivity contribution in [3.8, 4) is 0 Å². The summed E-state index contributed by atoms with van der Waals surface area (Å²) < 4.78 is 0. The lowest BCUT2D eigenvalue weighted by atomic mass is 9.70. The number of carbonyl (C=O) groups is 2. The Labute approximate surface area is 153 Å². The molecule has 0 aromatic heterocycles. The van der Waals surface area contributed by atoms with Gasteiger partial charge in [0, 0.05) is 18.5 Å². The third-order valence-corrected chi connectivity index (χ3v) is 5.40. The first kappa shape index (κ1) is 21.9. The predicted molar refractivity (Wildman–Crippen MR) is 103 cm³/mol. The molecular weight excluding hydrogens is 314 g/mol. The van der Waals surface area contributed by atoms with Gasteiger partial charge < -0.3 is 16.4 Å². The van der Waals surface area contributed by atoms with Crippen LogP contribution in [0.4, 0.5) is 0 Å². The van der Waals surface area contributed by atoms with Crippen molar-refractivity contribution >= 4 is 11.8 Å². The molecule has 0 aliphatic heterocycles. The largest absolute Gasteiger partial charge is 0.354 e. The lowest BCUT2D eigenvalue weighted by Crippen LogP contribution is -2.50. The lowest BCUT2D eigenvalue weighted by Gasteiger charge is -2.36. The Morgan fingerprint density at radius 3 is 2.28 bits per heavy atom. The first-order valence-corrected chi connectivity index (χ1v) is 9.95. The van der Waals surface area contributed by atoms with Gasteiger partial charge in [-0.05, 0) is 49.9 Å². The second kappa shape index (κ2) is 10.1. The number of carbonyl (C=O) groups excluding carboxylic acids is 2. The molecule has 0 bridgehead atoms. The van der Waals surface area contributed by atoms with Gasteiger partial charge in [-0.1, -0.05) is 41.0 Å². The molecule has 1 fully saturated rings. The first-order valence-electron chi connectivity index (χ1n) is 9.95. The molecule has 5 atom stereocenters. The fourth-order valence-electron chi connectivity index (χ4n) is 3.95. The second-order valence-corrected chi connectivity index (χ2v) is 8.80. The zero-order valence-corrected chi connectivity index (χ0v) is 17.0. The van der Waals surface area contributed by atoms with Crippen molar-refractivity contribution in [2.24, 2.45) is 35.3 Å². The van der Waals surface area contributed by atoms with Gasteiger partial charge in [-0.2, -0.15) is 0 Å². The van der Waals surface area contributed by atoms with Crippen LogP contribution in [0.3, 0.4) is 0 Å². The summed E-state index contributed by atoms with van der Waals surface area (Å²) in [4.78, 5) is 24.7. The smallest absolute Gasteiger partial charge is 0.236 e. The van der Waals surface area contributed by atoms with E-state index in [0.29, 0.717) is 30.2 Å². The highest BCUT2D eigenvalue weighted by Gasteiger charge is 2.35. The normalized spacial score (nSPS) is 26.4. The molecule has 4 N–H and O–H groups in total. The number of amides is 2. The van der Waals surface area contributed by atoms with E-state index in [0.717, 1.165) is 19.3 Å². The summed E-state index contributed by atoms with van der Waals surface area (Å²) in [6.45, 7) is 13.1. The van der Waals surface area contributed by atoms with Crippen molar-refractivity contribution in [3.63, 3.8) is 0 Å². The van der Waals surface area contributed by atoms with Gasteiger partial charge in [-0.15, -0.1) is 0 Å². The zero-order valence-electron chi connectivity index (χ0n) is 17.0. The van der Waals surface area contributed by atoms with Crippen LogP contribution in [-0.2, 0) is 9.59 Å². The molecule has 146 valence electrons. The van der Waals surface area contributed by atoms with E-state index in [1.807, 2.05) is 0 Å². The van der Waals surface area contributed by atoms with Crippen LogP contribution < -0.4 is 16.4 Å². The highest BCUT2D eigenvalue weighted by molar-refractivity contribution is 5.81. The number of hydrogen-bond acceptors (Lipinski definition) is 3. The van der Waals surface area contributed by atoms with Crippen LogP contribution in [0.5, 0.6) is 0 Å². The zero-order chi connectivity index (χ0) is 19.1. The van der Waals surface area contributed by atoms with E-state index in [9.17, 15) is 9.59 Å². The summed E-state index contributed by atoms with van der Waals surface area (Å²) in [6, 6.07) is -0.601. The van der Waals surface area contributed by atoms with Gasteiger partial charge in [-0.3, -0.25) is 9.59 Å². The third-order valence-electron chi connectivity index (χ3n) is 5.40. The molecule has 1 saturated carbocycles. The van der Waals surface area contributed by atoms with E-state index < -0.39 is 6.04 Å². The molecule has 0 heterocycles. The van der Waals surface area contributed by atoms with Gasteiger partial charge in [0.2, 0.25) is 11.8 Å². The summed E-state index contributed by atoms with van der Waals surface area (Å²) in [5, 5.41) is 6.08. The van der Waals surface area contributed by atoms with Crippen molar-refractivity contribution < 1.29 is 9.59 Å². The fourth-order valence-corrected chi connectivity index (χ4v) is 3.95. The molecule has 0 aromatic rings. The van der Waals surface area contributed by atoms with E-state index in [1.165, 1.54) is 6.42 Å². The SMILES string of the molecule is CC(C)CC(CNC(=O)[C@@H]1C[C@H](C)CC[C@H]1C(C)C)NC(=O)C(C)N. The predicted octanol–water partition coefficient (Wildman–Crippen LogP) is 2.69. The van der Waals surface area contributed by atoms with Gasteiger partial charge in [0.15, 0.2) is 0 Å². The molecule has 0 aromatic carbocycles. The summed E-state index contributed by atoms with van der Waals surface area (Å²) in [5.41, 5.74) is 5.66. The quantitative estimate of drug-likeness (QED) is 0.627. The standard InChI is InChI=1S/C20H39N3O2/c1-12(2)9-16(23-19(24)15(6)21)11-22-20(25)18-10-14(5)7-8-17(18)13(3)4/h12-18H,7-11,21H2,1-6H3,(H,22,25)(H,23,24)/t14-,15?,16?,17+,18-/m1/s1. The molecular formula is C20H39N3O2. The summed E-state index contributed by atoms with van der Waals surface area (Å²) in [7, 11) is 0. The van der Waals surface area contributed by atoms with Crippen molar-refractivity contribution in [2.45, 2.75) is 79.3 Å². The highest BCUT2D eigenvalue weighted by Crippen LogP contribution is 2.38. The minimum Gasteiger partial charge on any atom is -0.354 e. The molecule has 2 amide bonds. The maximum absolute atomic E-state index is 12.8. The maximum Gasteiger partial charge on any atom is 0.236 e. The number of nitrogens with one attached hydrogen (secondary N) is 2. The van der Waals surface area contributed by atoms with E-state index in [-0.39, 0.29) is 23.8 Å². The van der Waals surface area contributed by atoms with Gasteiger partial charge in [0.1, 0.15) is 0 Å². The first-order chi connectivity index (χ1) is 11.6. The van der Waals surface area contributed by atoms with Crippen LogP contribution >= 0.6 is 0 Å².